The zero-order valence-corrected chi connectivity index (χ0v) is 28.9. The summed E-state index contributed by atoms with van der Waals surface area (Å²) >= 11 is 0. The molecule has 1 heterocycles. The summed E-state index contributed by atoms with van der Waals surface area (Å²) in [5, 5.41) is 17.8. The standard InChI is InChI=1S/C46H37N3O4/c50-44(51)43(47-45(52)53-31-41-39-22-12-10-20-37(39)38-21-11-13-23-40(38)41)30-32-24-26-33(27-25-32)42-28-29-49(48-42)46(34-14-4-1-5-15-34,35-16-6-2-7-17-35)36-18-8-3-9-19-36/h1-29,41,43H,30-31H2,(H,47,52)(H,50,51)/t43-/m0/s1. The van der Waals surface area contributed by atoms with E-state index in [9.17, 15) is 14.7 Å². The van der Waals surface area contributed by atoms with Gasteiger partial charge >= 0.3 is 12.1 Å². The van der Waals surface area contributed by atoms with E-state index in [0.717, 1.165) is 55.8 Å². The van der Waals surface area contributed by atoms with Crippen LogP contribution in [0.25, 0.3) is 22.4 Å². The van der Waals surface area contributed by atoms with Gasteiger partial charge in [-0.3, -0.25) is 4.68 Å². The summed E-state index contributed by atoms with van der Waals surface area (Å²) in [6.45, 7) is 0.105. The number of carbonyl (C=O) groups excluding carboxylic acids is 1. The van der Waals surface area contributed by atoms with Crippen molar-refractivity contribution in [1.82, 2.24) is 15.1 Å². The van der Waals surface area contributed by atoms with Gasteiger partial charge in [0.25, 0.3) is 0 Å². The summed E-state index contributed by atoms with van der Waals surface area (Å²) in [7, 11) is 0. The van der Waals surface area contributed by atoms with E-state index in [1.165, 1.54) is 0 Å². The first-order valence-electron chi connectivity index (χ1n) is 17.7. The van der Waals surface area contributed by atoms with Gasteiger partial charge in [0.15, 0.2) is 0 Å². The number of nitrogens with one attached hydrogen (secondary N) is 1. The van der Waals surface area contributed by atoms with Crippen molar-refractivity contribution in [2.45, 2.75) is 23.9 Å². The highest BCUT2D eigenvalue weighted by atomic mass is 16.5. The number of carboxylic acid groups (broad SMARTS) is 1. The van der Waals surface area contributed by atoms with Gasteiger partial charge in [-0.15, -0.1) is 0 Å². The van der Waals surface area contributed by atoms with Crippen molar-refractivity contribution in [3.05, 3.63) is 209 Å². The number of carbonyl (C=O) groups is 2. The average molecular weight is 696 g/mol. The minimum absolute atomic E-state index is 0.0907. The molecule has 0 saturated heterocycles. The highest BCUT2D eigenvalue weighted by Crippen LogP contribution is 2.45. The molecular weight excluding hydrogens is 659 g/mol. The lowest BCUT2D eigenvalue weighted by atomic mass is 9.77. The van der Waals surface area contributed by atoms with Crippen LogP contribution < -0.4 is 5.32 Å². The fourth-order valence-corrected chi connectivity index (χ4v) is 7.63. The molecule has 7 heteroatoms. The molecule has 0 aliphatic heterocycles. The van der Waals surface area contributed by atoms with Crippen molar-refractivity contribution < 1.29 is 19.4 Å². The Balaban J connectivity index is 1.00. The lowest BCUT2D eigenvalue weighted by Gasteiger charge is -2.36. The molecule has 1 aliphatic carbocycles. The van der Waals surface area contributed by atoms with Crippen LogP contribution in [0.1, 0.15) is 39.3 Å². The molecule has 0 saturated carbocycles. The molecule has 0 radical (unpaired) electrons. The predicted molar refractivity (Wildman–Crippen MR) is 206 cm³/mol. The number of rotatable bonds is 11. The Morgan fingerprint density at radius 1 is 0.660 bits per heavy atom. The number of ether oxygens (including phenoxy) is 1. The van der Waals surface area contributed by atoms with Gasteiger partial charge in [0.05, 0.1) is 5.69 Å². The maximum atomic E-state index is 13.0. The number of aromatic nitrogens is 2. The summed E-state index contributed by atoms with van der Waals surface area (Å²) in [6, 6.07) is 55.7. The van der Waals surface area contributed by atoms with Gasteiger partial charge in [0, 0.05) is 24.1 Å². The number of hydrogen-bond acceptors (Lipinski definition) is 4. The largest absolute Gasteiger partial charge is 0.480 e. The van der Waals surface area contributed by atoms with Gasteiger partial charge in [0.1, 0.15) is 18.2 Å². The highest BCUT2D eigenvalue weighted by molar-refractivity contribution is 5.81. The SMILES string of the molecule is O=C(N[C@@H](Cc1ccc(-c2ccn(C(c3ccccc3)(c3ccccc3)c3ccccc3)n2)cc1)C(=O)O)OCC1c2ccccc2-c2ccccc21. The second kappa shape index (κ2) is 14.5. The molecule has 0 unspecified atom stereocenters. The molecule has 0 bridgehead atoms. The third-order valence-electron chi connectivity index (χ3n) is 10.1. The van der Waals surface area contributed by atoms with Gasteiger partial charge in [-0.2, -0.15) is 5.10 Å². The fourth-order valence-electron chi connectivity index (χ4n) is 7.63. The Labute approximate surface area is 308 Å². The van der Waals surface area contributed by atoms with E-state index in [-0.39, 0.29) is 18.9 Å². The minimum Gasteiger partial charge on any atom is -0.480 e. The van der Waals surface area contributed by atoms with Gasteiger partial charge in [-0.05, 0) is 50.6 Å². The van der Waals surface area contributed by atoms with Crippen molar-refractivity contribution in [2.75, 3.05) is 6.61 Å². The maximum Gasteiger partial charge on any atom is 0.407 e. The molecular formula is C46H37N3O4. The van der Waals surface area contributed by atoms with Crippen molar-refractivity contribution in [3.8, 4) is 22.4 Å². The van der Waals surface area contributed by atoms with Crippen LogP contribution in [-0.4, -0.2) is 39.6 Å². The number of hydrogen-bond donors (Lipinski definition) is 2. The molecule has 0 spiro atoms. The van der Waals surface area contributed by atoms with Crippen LogP contribution in [-0.2, 0) is 21.5 Å². The van der Waals surface area contributed by atoms with E-state index in [1.54, 1.807) is 0 Å². The maximum absolute atomic E-state index is 13.0. The summed E-state index contributed by atoms with van der Waals surface area (Å²) < 4.78 is 7.66. The Bertz CT molecular complexity index is 2210. The number of alkyl carbamates (subject to hydrolysis) is 1. The van der Waals surface area contributed by atoms with Crippen LogP contribution in [0, 0.1) is 0 Å². The average Bonchev–Trinajstić information content (AvgIpc) is 3.82. The zero-order chi connectivity index (χ0) is 36.2. The summed E-state index contributed by atoms with van der Waals surface area (Å²) in [5.41, 5.74) is 9.33. The molecule has 6 aromatic carbocycles. The van der Waals surface area contributed by atoms with Crippen molar-refractivity contribution in [1.29, 1.82) is 0 Å². The first-order chi connectivity index (χ1) is 26.0. The normalized spacial score (nSPS) is 12.8. The van der Waals surface area contributed by atoms with Crippen LogP contribution in [0.3, 0.4) is 0 Å². The second-order valence-corrected chi connectivity index (χ2v) is 13.2. The smallest absolute Gasteiger partial charge is 0.407 e. The number of amides is 1. The van der Waals surface area contributed by atoms with Crippen LogP contribution in [0.4, 0.5) is 4.79 Å². The molecule has 53 heavy (non-hydrogen) atoms. The quantitative estimate of drug-likeness (QED) is 0.132. The van der Waals surface area contributed by atoms with Gasteiger partial charge in [-0.25, -0.2) is 9.59 Å². The van der Waals surface area contributed by atoms with E-state index < -0.39 is 23.6 Å². The van der Waals surface area contributed by atoms with Crippen LogP contribution in [0.2, 0.25) is 0 Å². The lowest BCUT2D eigenvalue weighted by molar-refractivity contribution is -0.139. The summed E-state index contributed by atoms with van der Waals surface area (Å²) in [6.07, 6.45) is 1.34. The summed E-state index contributed by atoms with van der Waals surface area (Å²) in [4.78, 5) is 25.2. The predicted octanol–water partition coefficient (Wildman–Crippen LogP) is 8.92. The van der Waals surface area contributed by atoms with E-state index in [1.807, 2.05) is 132 Å². The highest BCUT2D eigenvalue weighted by Gasteiger charge is 2.39. The topological polar surface area (TPSA) is 93.5 Å². The fraction of sp³-hybridized carbons (Fsp3) is 0.109. The first-order valence-corrected chi connectivity index (χ1v) is 17.7. The number of nitrogens with zero attached hydrogens (tertiary/aromatic N) is 2. The molecule has 7 aromatic rings. The Morgan fingerprint density at radius 3 is 1.66 bits per heavy atom. The Hall–Kier alpha value is -6.73. The third-order valence-corrected chi connectivity index (χ3v) is 10.1. The van der Waals surface area contributed by atoms with Crippen LogP contribution in [0.15, 0.2) is 176 Å². The monoisotopic (exact) mass is 695 g/mol. The molecule has 7 nitrogen and oxygen atoms in total. The molecule has 260 valence electrons. The number of aliphatic carboxylic acids is 1. The molecule has 1 amide bonds. The third kappa shape index (κ3) is 6.38. The zero-order valence-electron chi connectivity index (χ0n) is 28.9. The molecule has 1 aliphatic rings. The molecule has 8 rings (SSSR count). The molecule has 1 aromatic heterocycles. The van der Waals surface area contributed by atoms with Gasteiger partial charge in [0.2, 0.25) is 0 Å². The van der Waals surface area contributed by atoms with E-state index in [2.05, 4.69) is 53.8 Å². The van der Waals surface area contributed by atoms with E-state index in [4.69, 9.17) is 9.84 Å². The van der Waals surface area contributed by atoms with Gasteiger partial charge in [-0.1, -0.05) is 164 Å². The minimum atomic E-state index is -1.17. The Morgan fingerprint density at radius 2 is 1.15 bits per heavy atom. The van der Waals surface area contributed by atoms with E-state index in [0.29, 0.717) is 0 Å². The number of fused-ring (bicyclic) bond motifs is 3. The van der Waals surface area contributed by atoms with E-state index >= 15 is 0 Å². The van der Waals surface area contributed by atoms with Crippen LogP contribution in [0.5, 0.6) is 0 Å². The first kappa shape index (κ1) is 33.4. The van der Waals surface area contributed by atoms with Crippen molar-refractivity contribution >= 4 is 12.1 Å². The lowest BCUT2D eigenvalue weighted by Crippen LogP contribution is -2.42. The van der Waals surface area contributed by atoms with Crippen LogP contribution >= 0.6 is 0 Å². The van der Waals surface area contributed by atoms with Gasteiger partial charge < -0.3 is 15.2 Å². The summed E-state index contributed by atoms with van der Waals surface area (Å²) in [5.74, 6) is -1.26. The molecule has 2 N–H and O–H groups in total. The van der Waals surface area contributed by atoms with Crippen molar-refractivity contribution in [2.24, 2.45) is 0 Å². The number of benzene rings is 6. The molecule has 0 fully saturated rings. The number of carboxylic acids is 1. The molecule has 1 atom stereocenters. The second-order valence-electron chi connectivity index (χ2n) is 13.2. The van der Waals surface area contributed by atoms with Crippen molar-refractivity contribution in [3.63, 3.8) is 0 Å². The Kier molecular flexibility index (Phi) is 9.13.